The third-order valence-corrected chi connectivity index (χ3v) is 3.08. The van der Waals surface area contributed by atoms with Crippen LogP contribution in [0.2, 0.25) is 0 Å². The second kappa shape index (κ2) is 17.7. The molecule has 0 unspecified atom stereocenters. The molecule has 0 bridgehead atoms. The van der Waals surface area contributed by atoms with Crippen molar-refractivity contribution in [3.8, 4) is 0 Å². The molecule has 0 saturated heterocycles. The van der Waals surface area contributed by atoms with Crippen molar-refractivity contribution in [3.63, 3.8) is 0 Å². The average Bonchev–Trinajstić information content (AvgIpc) is 2.34. The fourth-order valence-electron chi connectivity index (χ4n) is 0.964. The summed E-state index contributed by atoms with van der Waals surface area (Å²) < 4.78 is 9.42. The van der Waals surface area contributed by atoms with E-state index in [2.05, 4.69) is 0 Å². The first-order chi connectivity index (χ1) is 8.44. The van der Waals surface area contributed by atoms with Crippen molar-refractivity contribution in [2.24, 2.45) is 0 Å². The molecule has 0 fully saturated rings. The molecule has 3 nitrogen and oxygen atoms in total. The Labute approximate surface area is 144 Å². The standard InChI is InChI=1S/2C5H11NS2.Mo.O/c2*1-3-6(4-2)5(7)8;;/h2*3-4H2,1-2H3,(H,7,8);;/q;;+2;/p-2. The van der Waals surface area contributed by atoms with Gasteiger partial charge in [-0.05, 0) is 27.7 Å². The van der Waals surface area contributed by atoms with Crippen molar-refractivity contribution in [3.05, 3.63) is 0 Å². The zero-order chi connectivity index (χ0) is 15.1. The van der Waals surface area contributed by atoms with Crippen molar-refractivity contribution in [2.75, 3.05) is 26.2 Å². The van der Waals surface area contributed by atoms with Crippen molar-refractivity contribution >= 4 is 58.3 Å². The van der Waals surface area contributed by atoms with E-state index in [-0.39, 0.29) is 0 Å². The number of hydrogen-bond acceptors (Lipinski definition) is 5. The molecule has 0 saturated carbocycles. The van der Waals surface area contributed by atoms with Gasteiger partial charge >= 0.3 is 23.2 Å². The van der Waals surface area contributed by atoms with Gasteiger partial charge in [0.15, 0.2) is 0 Å². The number of rotatable bonds is 4. The van der Waals surface area contributed by atoms with Crippen molar-refractivity contribution in [1.29, 1.82) is 0 Å². The Kier molecular flexibility index (Phi) is 23.4. The van der Waals surface area contributed by atoms with E-state index < -0.39 is 0 Å². The maximum atomic E-state index is 8.26. The van der Waals surface area contributed by atoms with E-state index in [4.69, 9.17) is 53.1 Å². The van der Waals surface area contributed by atoms with E-state index in [0.29, 0.717) is 28.4 Å². The number of hydrogen-bond donors (Lipinski definition) is 0. The van der Waals surface area contributed by atoms with Gasteiger partial charge in [0, 0.05) is 26.2 Å². The molecule has 8 heteroatoms. The van der Waals surface area contributed by atoms with Gasteiger partial charge in [-0.2, -0.15) is 0 Å². The Hall–Kier alpha value is 0.708. The first kappa shape index (κ1) is 23.8. The van der Waals surface area contributed by atoms with Crippen LogP contribution in [0.25, 0.3) is 0 Å². The molecule has 0 aliphatic carbocycles. The molecule has 0 heterocycles. The zero-order valence-corrected chi connectivity index (χ0v) is 16.4. The summed E-state index contributed by atoms with van der Waals surface area (Å²) in [4.78, 5) is 3.93. The summed E-state index contributed by atoms with van der Waals surface area (Å²) in [6.07, 6.45) is 0. The van der Waals surface area contributed by atoms with Gasteiger partial charge in [-0.3, -0.25) is 0 Å². The second-order valence-corrected chi connectivity index (χ2v) is 4.94. The third kappa shape index (κ3) is 14.8. The molecular weight excluding hydrogens is 388 g/mol. The summed E-state index contributed by atoms with van der Waals surface area (Å²) >= 11 is 19.7. The molecule has 0 atom stereocenters. The topological polar surface area (TPSA) is 23.6 Å². The van der Waals surface area contributed by atoms with E-state index in [0.717, 1.165) is 26.2 Å². The molecule has 0 aliphatic heterocycles. The molecule has 106 valence electrons. The van der Waals surface area contributed by atoms with Crippen molar-refractivity contribution in [2.45, 2.75) is 27.7 Å². The van der Waals surface area contributed by atoms with Gasteiger partial charge < -0.3 is 59.5 Å². The van der Waals surface area contributed by atoms with Gasteiger partial charge in [0.2, 0.25) is 0 Å². The van der Waals surface area contributed by atoms with Crippen LogP contribution in [-0.2, 0) is 48.4 Å². The van der Waals surface area contributed by atoms with E-state index in [9.17, 15) is 0 Å². The van der Waals surface area contributed by atoms with E-state index in [1.807, 2.05) is 37.5 Å². The van der Waals surface area contributed by atoms with Crippen LogP contribution in [0.3, 0.4) is 0 Å². The maximum absolute atomic E-state index is 8.26. The van der Waals surface area contributed by atoms with Gasteiger partial charge in [-0.1, -0.05) is 8.64 Å². The molecule has 0 amide bonds. The molecule has 0 rings (SSSR count). The Bertz CT molecular complexity index is 202. The molecule has 0 spiro atoms. The van der Waals surface area contributed by atoms with Gasteiger partial charge in [0.05, 0.1) is 0 Å². The normalized spacial score (nSPS) is 7.94. The van der Waals surface area contributed by atoms with E-state index in [1.165, 1.54) is 0 Å². The summed E-state index contributed by atoms with van der Waals surface area (Å²) in [7, 11) is 0. The van der Waals surface area contributed by atoms with Crippen LogP contribution in [0.15, 0.2) is 0 Å². The minimum atomic E-state index is 0.579. The van der Waals surface area contributed by atoms with Crippen molar-refractivity contribution < 1.29 is 23.2 Å². The minimum absolute atomic E-state index is 0.579. The van der Waals surface area contributed by atoms with Crippen LogP contribution >= 0.6 is 24.4 Å². The van der Waals surface area contributed by atoms with Gasteiger partial charge in [-0.25, -0.2) is 0 Å². The fraction of sp³-hybridized carbons (Fsp3) is 0.800. The Morgan fingerprint density at radius 1 is 0.833 bits per heavy atom. The Morgan fingerprint density at radius 2 is 1.00 bits per heavy atom. The summed E-state index contributed by atoms with van der Waals surface area (Å²) in [5.41, 5.74) is 0. The van der Waals surface area contributed by atoms with E-state index in [1.54, 1.807) is 0 Å². The Balaban J connectivity index is -0.000000219. The summed E-state index contributed by atoms with van der Waals surface area (Å²) in [6.45, 7) is 11.9. The monoisotopic (exact) mass is 410 g/mol. The molecule has 0 aromatic heterocycles. The van der Waals surface area contributed by atoms with Gasteiger partial charge in [-0.15, -0.1) is 0 Å². The molecular formula is C10H20MoN2OS4. The van der Waals surface area contributed by atoms with Crippen LogP contribution in [0.4, 0.5) is 0 Å². The molecule has 0 aliphatic rings. The van der Waals surface area contributed by atoms with Crippen LogP contribution in [-0.4, -0.2) is 44.6 Å². The molecule has 0 aromatic carbocycles. The molecule has 0 N–H and O–H groups in total. The predicted octanol–water partition coefficient (Wildman–Crippen LogP) is 2.20. The first-order valence-corrected chi connectivity index (χ1v) is 7.98. The molecule has 0 radical (unpaired) electrons. The summed E-state index contributed by atoms with van der Waals surface area (Å²) in [6, 6.07) is 0. The predicted molar refractivity (Wildman–Crippen MR) is 86.5 cm³/mol. The SMILES string of the molecule is CCN(CC)C(=S)[S-].CCN(CC)C(=S)[S-].[O]=[Mo+2]. The van der Waals surface area contributed by atoms with Gasteiger partial charge in [0.25, 0.3) is 0 Å². The third-order valence-electron chi connectivity index (χ3n) is 2.04. The Morgan fingerprint density at radius 3 is 1.00 bits per heavy atom. The van der Waals surface area contributed by atoms with Gasteiger partial charge in [0.1, 0.15) is 0 Å². The molecule has 18 heavy (non-hydrogen) atoms. The van der Waals surface area contributed by atoms with Crippen LogP contribution < -0.4 is 0 Å². The van der Waals surface area contributed by atoms with Crippen LogP contribution in [0.5, 0.6) is 0 Å². The average molecular weight is 408 g/mol. The van der Waals surface area contributed by atoms with Crippen molar-refractivity contribution in [1.82, 2.24) is 9.80 Å². The number of thiocarbonyl (C=S) groups is 2. The first-order valence-electron chi connectivity index (χ1n) is 5.52. The second-order valence-electron chi connectivity index (χ2n) is 2.88. The molecule has 0 aromatic rings. The summed E-state index contributed by atoms with van der Waals surface area (Å²) in [5, 5.41) is 0. The fourth-order valence-corrected chi connectivity index (χ4v) is 2.00. The van der Waals surface area contributed by atoms with Crippen LogP contribution in [0.1, 0.15) is 27.7 Å². The summed E-state index contributed by atoms with van der Waals surface area (Å²) in [5.74, 6) is 0. The number of nitrogens with zero attached hydrogens (tertiary/aromatic N) is 2. The van der Waals surface area contributed by atoms with Crippen LogP contribution in [0, 0.1) is 0 Å². The van der Waals surface area contributed by atoms with E-state index >= 15 is 0 Å². The zero-order valence-electron chi connectivity index (χ0n) is 11.2. The quantitative estimate of drug-likeness (QED) is 0.399.